The number of nitrogens with zero attached hydrogens (tertiary/aromatic N) is 1. The predicted octanol–water partition coefficient (Wildman–Crippen LogP) is 4.01. The molecule has 130 valence electrons. The molecule has 0 bridgehead atoms. The molecule has 1 N–H and O–H groups in total. The minimum Gasteiger partial charge on any atom is -0.321 e. The normalized spacial score (nSPS) is 10.9. The van der Waals surface area contributed by atoms with Gasteiger partial charge >= 0.3 is 0 Å². The Kier molecular flexibility index (Phi) is 4.89. The van der Waals surface area contributed by atoms with Crippen molar-refractivity contribution in [3.05, 3.63) is 76.7 Å². The lowest BCUT2D eigenvalue weighted by atomic mass is 10.2. The van der Waals surface area contributed by atoms with E-state index in [0.29, 0.717) is 11.3 Å². The smallest absolute Gasteiger partial charge is 0.265 e. The first-order valence-electron chi connectivity index (χ1n) is 7.63. The Hall–Kier alpha value is -2.95. The maximum absolute atomic E-state index is 12.7. The second-order valence-corrected chi connectivity index (χ2v) is 8.84. The van der Waals surface area contributed by atoms with Crippen molar-refractivity contribution in [3.63, 3.8) is 0 Å². The summed E-state index contributed by atoms with van der Waals surface area (Å²) < 4.78 is 25.4. The third kappa shape index (κ3) is 3.67. The van der Waals surface area contributed by atoms with Crippen molar-refractivity contribution in [3.8, 4) is 6.07 Å². The van der Waals surface area contributed by atoms with Gasteiger partial charge in [0.05, 0.1) is 21.4 Å². The van der Waals surface area contributed by atoms with Crippen LogP contribution in [0.2, 0.25) is 0 Å². The highest BCUT2D eigenvalue weighted by Crippen LogP contribution is 2.28. The highest BCUT2D eigenvalue weighted by molar-refractivity contribution is 7.93. The van der Waals surface area contributed by atoms with E-state index in [0.717, 1.165) is 16.9 Å². The van der Waals surface area contributed by atoms with Gasteiger partial charge in [0, 0.05) is 5.69 Å². The Morgan fingerprint density at radius 2 is 1.81 bits per heavy atom. The molecule has 1 amide bonds. The van der Waals surface area contributed by atoms with Crippen molar-refractivity contribution >= 4 is 32.8 Å². The van der Waals surface area contributed by atoms with Crippen molar-refractivity contribution in [2.45, 2.75) is 16.0 Å². The van der Waals surface area contributed by atoms with Crippen molar-refractivity contribution in [1.29, 1.82) is 5.26 Å². The standard InChI is InChI=1S/C19H14N2O3S2/c1-13-5-7-16(8-6-13)26(23,24)18-10-9-17(25-18)19(22)21-15-4-2-3-14(11-15)12-20/h2-11H,1H3,(H,21,22). The molecule has 3 rings (SSSR count). The van der Waals surface area contributed by atoms with Gasteiger partial charge in [-0.05, 0) is 49.4 Å². The first kappa shape index (κ1) is 17.9. The topological polar surface area (TPSA) is 87.0 Å². The quantitative estimate of drug-likeness (QED) is 0.738. The largest absolute Gasteiger partial charge is 0.321 e. The predicted molar refractivity (Wildman–Crippen MR) is 100 cm³/mol. The molecule has 7 heteroatoms. The number of anilines is 1. The molecule has 0 unspecified atom stereocenters. The van der Waals surface area contributed by atoms with Crippen molar-refractivity contribution in [2.75, 3.05) is 5.32 Å². The third-order valence-corrected chi connectivity index (χ3v) is 7.00. The number of aryl methyl sites for hydroxylation is 1. The molecule has 1 heterocycles. The Morgan fingerprint density at radius 1 is 1.08 bits per heavy atom. The van der Waals surface area contributed by atoms with Gasteiger partial charge in [0.25, 0.3) is 5.91 Å². The molecule has 1 aromatic heterocycles. The SMILES string of the molecule is Cc1ccc(S(=O)(=O)c2ccc(C(=O)Nc3cccc(C#N)c3)s2)cc1. The van der Waals surface area contributed by atoms with Gasteiger partial charge in [-0.3, -0.25) is 4.79 Å². The van der Waals surface area contributed by atoms with Crippen LogP contribution in [-0.4, -0.2) is 14.3 Å². The van der Waals surface area contributed by atoms with E-state index in [1.165, 1.54) is 12.1 Å². The van der Waals surface area contributed by atoms with E-state index < -0.39 is 15.7 Å². The zero-order valence-corrected chi connectivity index (χ0v) is 15.4. The van der Waals surface area contributed by atoms with Crippen LogP contribution in [0.15, 0.2) is 69.8 Å². The molecule has 2 aromatic carbocycles. The molecule has 0 spiro atoms. The lowest BCUT2D eigenvalue weighted by Gasteiger charge is -2.04. The fourth-order valence-corrected chi connectivity index (χ4v) is 4.88. The van der Waals surface area contributed by atoms with Gasteiger partial charge < -0.3 is 5.32 Å². The number of hydrogen-bond donors (Lipinski definition) is 1. The van der Waals surface area contributed by atoms with E-state index in [4.69, 9.17) is 5.26 Å². The molecule has 0 saturated carbocycles. The summed E-state index contributed by atoms with van der Waals surface area (Å²) in [4.78, 5) is 12.8. The maximum Gasteiger partial charge on any atom is 0.265 e. The van der Waals surface area contributed by atoms with Crippen LogP contribution in [-0.2, 0) is 9.84 Å². The monoisotopic (exact) mass is 382 g/mol. The van der Waals surface area contributed by atoms with E-state index in [-0.39, 0.29) is 14.0 Å². The summed E-state index contributed by atoms with van der Waals surface area (Å²) in [5, 5.41) is 11.6. The second kappa shape index (κ2) is 7.12. The molecular weight excluding hydrogens is 368 g/mol. The molecule has 0 fully saturated rings. The van der Waals surface area contributed by atoms with Gasteiger partial charge in [-0.25, -0.2) is 8.42 Å². The summed E-state index contributed by atoms with van der Waals surface area (Å²) in [6.45, 7) is 1.88. The van der Waals surface area contributed by atoms with Crippen LogP contribution < -0.4 is 5.32 Å². The number of amides is 1. The average molecular weight is 382 g/mol. The number of carbonyl (C=O) groups excluding carboxylic acids is 1. The summed E-state index contributed by atoms with van der Waals surface area (Å²) in [6.07, 6.45) is 0. The van der Waals surface area contributed by atoms with Gasteiger partial charge in [0.1, 0.15) is 4.21 Å². The molecule has 26 heavy (non-hydrogen) atoms. The second-order valence-electron chi connectivity index (χ2n) is 5.58. The number of hydrogen-bond acceptors (Lipinski definition) is 5. The molecule has 0 aliphatic heterocycles. The number of thiophene rings is 1. The Labute approximate surface area is 155 Å². The van der Waals surface area contributed by atoms with Crippen LogP contribution in [0.25, 0.3) is 0 Å². The number of rotatable bonds is 4. The van der Waals surface area contributed by atoms with Crippen molar-refractivity contribution in [1.82, 2.24) is 0 Å². The Bertz CT molecular complexity index is 1110. The van der Waals surface area contributed by atoms with Crippen LogP contribution in [0.5, 0.6) is 0 Å². The number of sulfone groups is 1. The zero-order chi connectivity index (χ0) is 18.7. The summed E-state index contributed by atoms with van der Waals surface area (Å²) in [5.41, 5.74) is 1.87. The van der Waals surface area contributed by atoms with E-state index in [9.17, 15) is 13.2 Å². The first-order chi connectivity index (χ1) is 12.4. The summed E-state index contributed by atoms with van der Waals surface area (Å²) in [6, 6.07) is 18.0. The number of nitriles is 1. The Balaban J connectivity index is 1.84. The van der Waals surface area contributed by atoms with E-state index in [1.807, 2.05) is 13.0 Å². The van der Waals surface area contributed by atoms with Crippen LogP contribution in [0, 0.1) is 18.3 Å². The summed E-state index contributed by atoms with van der Waals surface area (Å²) in [7, 11) is -3.66. The average Bonchev–Trinajstić information content (AvgIpc) is 3.13. The zero-order valence-electron chi connectivity index (χ0n) is 13.8. The minimum absolute atomic E-state index is 0.109. The van der Waals surface area contributed by atoms with Gasteiger partial charge in [0.2, 0.25) is 9.84 Å². The van der Waals surface area contributed by atoms with Crippen LogP contribution >= 0.6 is 11.3 Å². The molecular formula is C19H14N2O3S2. The number of carbonyl (C=O) groups is 1. The van der Waals surface area contributed by atoms with Gasteiger partial charge in [0.15, 0.2) is 0 Å². The third-order valence-electron chi connectivity index (χ3n) is 3.65. The maximum atomic E-state index is 12.7. The lowest BCUT2D eigenvalue weighted by molar-refractivity contribution is 0.103. The molecule has 3 aromatic rings. The van der Waals surface area contributed by atoms with E-state index in [2.05, 4.69) is 5.32 Å². The highest BCUT2D eigenvalue weighted by atomic mass is 32.2. The summed E-state index contributed by atoms with van der Waals surface area (Å²) in [5.74, 6) is -0.421. The van der Waals surface area contributed by atoms with Crippen molar-refractivity contribution < 1.29 is 13.2 Å². The molecule has 0 saturated heterocycles. The fraction of sp³-hybridized carbons (Fsp3) is 0.0526. The highest BCUT2D eigenvalue weighted by Gasteiger charge is 2.21. The molecule has 0 atom stereocenters. The Morgan fingerprint density at radius 3 is 2.50 bits per heavy atom. The number of nitrogens with one attached hydrogen (secondary N) is 1. The van der Waals surface area contributed by atoms with Crippen LogP contribution in [0.4, 0.5) is 5.69 Å². The van der Waals surface area contributed by atoms with Crippen molar-refractivity contribution in [2.24, 2.45) is 0 Å². The van der Waals surface area contributed by atoms with Crippen LogP contribution in [0.1, 0.15) is 20.8 Å². The fourth-order valence-electron chi connectivity index (χ4n) is 2.28. The van der Waals surface area contributed by atoms with Gasteiger partial charge in [-0.15, -0.1) is 11.3 Å². The van der Waals surface area contributed by atoms with Crippen LogP contribution in [0.3, 0.4) is 0 Å². The lowest BCUT2D eigenvalue weighted by Crippen LogP contribution is -2.10. The molecule has 0 aliphatic carbocycles. The summed E-state index contributed by atoms with van der Waals surface area (Å²) >= 11 is 0.911. The first-order valence-corrected chi connectivity index (χ1v) is 9.93. The van der Waals surface area contributed by atoms with E-state index >= 15 is 0 Å². The molecule has 5 nitrogen and oxygen atoms in total. The minimum atomic E-state index is -3.66. The van der Waals surface area contributed by atoms with Gasteiger partial charge in [-0.2, -0.15) is 5.26 Å². The molecule has 0 radical (unpaired) electrons. The molecule has 0 aliphatic rings. The van der Waals surface area contributed by atoms with E-state index in [1.54, 1.807) is 48.5 Å². The number of benzene rings is 2. The van der Waals surface area contributed by atoms with Gasteiger partial charge in [-0.1, -0.05) is 23.8 Å².